The number of pyridine rings is 2. The third-order valence-electron chi connectivity index (χ3n) is 8.99. The number of ether oxygens (including phenoxy) is 3. The van der Waals surface area contributed by atoms with E-state index < -0.39 is 9.05 Å². The van der Waals surface area contributed by atoms with Crippen LogP contribution in [0.25, 0.3) is 0 Å². The van der Waals surface area contributed by atoms with Crippen LogP contribution in [-0.4, -0.2) is 25.5 Å². The zero-order valence-electron chi connectivity index (χ0n) is 32.6. The summed E-state index contributed by atoms with van der Waals surface area (Å²) < 4.78 is 42.7. The zero-order chi connectivity index (χ0) is 44.2. The van der Waals surface area contributed by atoms with Crippen LogP contribution in [0.4, 0.5) is 0 Å². The Morgan fingerprint density at radius 2 is 1.05 bits per heavy atom. The van der Waals surface area contributed by atoms with E-state index >= 15 is 0 Å². The number of methoxy groups -OCH3 is 1. The van der Waals surface area contributed by atoms with E-state index in [2.05, 4.69) is 60.0 Å². The first-order valence-corrected chi connectivity index (χ1v) is 24.9. The van der Waals surface area contributed by atoms with Gasteiger partial charge in [0.25, 0.3) is 9.05 Å². The van der Waals surface area contributed by atoms with Crippen molar-refractivity contribution in [2.24, 2.45) is 0 Å². The summed E-state index contributed by atoms with van der Waals surface area (Å²) in [6, 6.07) is 38.1. The minimum atomic E-state index is -4.05. The average molecular weight is 1110 g/mol. The Balaban J connectivity index is 0.000000238. The van der Waals surface area contributed by atoms with Crippen LogP contribution in [-0.2, 0) is 40.9 Å². The Morgan fingerprint density at radius 3 is 1.51 bits per heavy atom. The third kappa shape index (κ3) is 15.0. The number of aromatic nitrogens is 2. The number of rotatable bonds is 15. The first-order valence-electron chi connectivity index (χ1n) is 18.5. The zero-order valence-corrected chi connectivity index (χ0v) is 41.2. The molecular weight excluding hydrogens is 1070 g/mol. The van der Waals surface area contributed by atoms with Crippen molar-refractivity contribution >= 4 is 110 Å². The van der Waals surface area contributed by atoms with Crippen LogP contribution in [0.5, 0.6) is 17.2 Å². The molecule has 0 saturated carbocycles. The lowest BCUT2D eigenvalue weighted by molar-refractivity contribution is 0.296. The number of hydrogen-bond donors (Lipinski definition) is 0. The fourth-order valence-corrected chi connectivity index (χ4v) is 10.5. The first-order chi connectivity index (χ1) is 29.7. The molecule has 0 aliphatic heterocycles. The van der Waals surface area contributed by atoms with Crippen molar-refractivity contribution in [1.29, 1.82) is 0 Å². The third-order valence-corrected chi connectivity index (χ3v) is 13.7. The van der Waals surface area contributed by atoms with E-state index in [0.717, 1.165) is 53.5 Å². The Labute approximate surface area is 414 Å². The van der Waals surface area contributed by atoms with Gasteiger partial charge in [0.2, 0.25) is 0 Å². The van der Waals surface area contributed by atoms with Crippen molar-refractivity contribution in [1.82, 2.24) is 9.97 Å². The lowest BCUT2D eigenvalue weighted by Gasteiger charge is -2.14. The van der Waals surface area contributed by atoms with Crippen molar-refractivity contribution in [2.45, 2.75) is 49.0 Å². The second kappa shape index (κ2) is 24.2. The summed E-state index contributed by atoms with van der Waals surface area (Å²) in [5.74, 6) is 2.46. The molecule has 2 aromatic heterocycles. The van der Waals surface area contributed by atoms with E-state index in [4.69, 9.17) is 71.3 Å². The summed E-state index contributed by atoms with van der Waals surface area (Å²) in [6.45, 7) is 0.661. The fourth-order valence-electron chi connectivity index (χ4n) is 5.84. The van der Waals surface area contributed by atoms with E-state index in [1.54, 1.807) is 37.2 Å². The molecule has 0 spiro atoms. The van der Waals surface area contributed by atoms with Gasteiger partial charge in [-0.25, -0.2) is 8.42 Å². The molecule has 7 nitrogen and oxygen atoms in total. The quantitative estimate of drug-likeness (QED) is 0.0741. The molecule has 0 fully saturated rings. The Hall–Kier alpha value is -3.49. The molecule has 0 aliphatic carbocycles. The van der Waals surface area contributed by atoms with Crippen LogP contribution in [0.2, 0.25) is 20.1 Å². The van der Waals surface area contributed by atoms with Gasteiger partial charge in [-0.15, -0.1) is 11.8 Å². The van der Waals surface area contributed by atoms with Gasteiger partial charge in [0.1, 0.15) is 23.9 Å². The Bertz CT molecular complexity index is 2690. The number of hydrogen-bond acceptors (Lipinski definition) is 8. The molecule has 0 N–H and O–H groups in total. The van der Waals surface area contributed by atoms with Crippen LogP contribution >= 0.6 is 101 Å². The van der Waals surface area contributed by atoms with Crippen LogP contribution in [0, 0.1) is 0 Å². The van der Waals surface area contributed by atoms with Crippen molar-refractivity contribution < 1.29 is 22.6 Å². The molecule has 0 bridgehead atoms. The first kappa shape index (κ1) is 50.5. The lowest BCUT2D eigenvalue weighted by atomic mass is 10.1. The maximum atomic E-state index is 12.0. The second-order valence-electron chi connectivity index (χ2n) is 13.4. The van der Waals surface area contributed by atoms with Gasteiger partial charge in [-0.2, -0.15) is 0 Å². The normalized spacial score (nSPS) is 10.9. The van der Waals surface area contributed by atoms with Gasteiger partial charge in [0.15, 0.2) is 11.5 Å². The summed E-state index contributed by atoms with van der Waals surface area (Å²) in [4.78, 5) is 9.79. The van der Waals surface area contributed by atoms with Crippen molar-refractivity contribution in [3.05, 3.63) is 202 Å². The van der Waals surface area contributed by atoms with Gasteiger partial charge in [-0.3, -0.25) is 9.97 Å². The summed E-state index contributed by atoms with van der Waals surface area (Å²) in [5.41, 5.74) is 5.98. The molecule has 0 amide bonds. The molecule has 7 aromatic rings. The number of benzene rings is 5. The molecule has 0 unspecified atom stereocenters. The van der Waals surface area contributed by atoms with E-state index in [0.29, 0.717) is 44.4 Å². The van der Waals surface area contributed by atoms with E-state index in [9.17, 15) is 8.42 Å². The highest BCUT2D eigenvalue weighted by atomic mass is 79.9. The predicted octanol–water partition coefficient (Wildman–Crippen LogP) is 15.5. The fraction of sp³-hybridized carbons (Fsp3) is 0.149. The van der Waals surface area contributed by atoms with Crippen LogP contribution in [0.1, 0.15) is 46.6 Å². The highest BCUT2D eigenvalue weighted by molar-refractivity contribution is 9.10. The van der Waals surface area contributed by atoms with E-state index in [1.165, 1.54) is 17.8 Å². The van der Waals surface area contributed by atoms with Gasteiger partial charge in [-0.1, -0.05) is 158 Å². The summed E-state index contributed by atoms with van der Waals surface area (Å²) in [5, 5.41) is 2.11. The van der Waals surface area contributed by atoms with Gasteiger partial charge in [0.05, 0.1) is 24.4 Å². The topological polar surface area (TPSA) is 87.6 Å². The summed E-state index contributed by atoms with van der Waals surface area (Å²) >= 11 is 33.9. The standard InChI is InChI=1S/C27H22BrCl2NO2S.C19H13BrCl3NO3S.CH4/c1-32-22-9-7-19(8-10-22)17-34-27-14-21(13-23-24(29)11-20(28)12-25(23)30)31-15-26(27)33-16-18-5-3-2-4-6-18;20-13-6-16(21)15(17(22)7-13)8-14-9-19(28(23,25)26)18(10-24-14)27-11-12-4-2-1-3-5-12;/h2-12,14-15H,13,16-17H2,1H3;1-7,9-10H,8,11H2;1H4. The number of halogens is 7. The molecule has 16 heteroatoms. The molecule has 0 atom stereocenters. The average Bonchev–Trinajstić information content (AvgIpc) is 3.25. The van der Waals surface area contributed by atoms with Crippen LogP contribution in [0.15, 0.2) is 152 Å². The maximum Gasteiger partial charge on any atom is 0.265 e. The largest absolute Gasteiger partial charge is 0.497 e. The van der Waals surface area contributed by atoms with Gasteiger partial charge in [0, 0.05) is 69.7 Å². The summed E-state index contributed by atoms with van der Waals surface area (Å²) in [7, 11) is 3.23. The smallest absolute Gasteiger partial charge is 0.265 e. The Kier molecular flexibility index (Phi) is 19.4. The van der Waals surface area contributed by atoms with Crippen LogP contribution in [0.3, 0.4) is 0 Å². The predicted molar refractivity (Wildman–Crippen MR) is 266 cm³/mol. The van der Waals surface area contributed by atoms with Gasteiger partial charge >= 0.3 is 0 Å². The van der Waals surface area contributed by atoms with E-state index in [1.807, 2.05) is 84.9 Å². The molecule has 0 saturated heterocycles. The van der Waals surface area contributed by atoms with Crippen molar-refractivity contribution in [3.8, 4) is 17.2 Å². The molecule has 2 heterocycles. The molecular formula is C47H39Br2Cl5N2O5S2. The Morgan fingerprint density at radius 1 is 0.603 bits per heavy atom. The number of thioether (sulfide) groups is 1. The summed E-state index contributed by atoms with van der Waals surface area (Å²) in [6.07, 6.45) is 3.90. The van der Waals surface area contributed by atoms with Crippen molar-refractivity contribution in [2.75, 3.05) is 7.11 Å². The number of nitrogens with zero attached hydrogens (tertiary/aromatic N) is 2. The molecule has 0 aliphatic rings. The molecule has 7 rings (SSSR count). The lowest BCUT2D eigenvalue weighted by Crippen LogP contribution is -2.04. The molecule has 0 radical (unpaired) electrons. The minimum absolute atomic E-state index is 0. The second-order valence-corrected chi connectivity index (χ2v) is 20.4. The SMILES string of the molecule is C.COc1ccc(CSc2cc(Cc3c(Cl)cc(Br)cc3Cl)ncc2OCc2ccccc2)cc1.O=S(=O)(Cl)c1cc(Cc2c(Cl)cc(Br)cc2Cl)ncc1OCc1ccccc1. The highest BCUT2D eigenvalue weighted by Crippen LogP contribution is 2.36. The highest BCUT2D eigenvalue weighted by Gasteiger charge is 2.20. The van der Waals surface area contributed by atoms with E-state index in [-0.39, 0.29) is 31.1 Å². The van der Waals surface area contributed by atoms with Crippen molar-refractivity contribution in [3.63, 3.8) is 0 Å². The molecule has 5 aromatic carbocycles. The molecule has 328 valence electrons. The van der Waals surface area contributed by atoms with Gasteiger partial charge in [-0.05, 0) is 76.3 Å². The minimum Gasteiger partial charge on any atom is -0.497 e. The molecule has 63 heavy (non-hydrogen) atoms. The van der Waals surface area contributed by atoms with Crippen LogP contribution < -0.4 is 14.2 Å². The maximum absolute atomic E-state index is 12.0. The van der Waals surface area contributed by atoms with Gasteiger partial charge < -0.3 is 14.2 Å². The monoisotopic (exact) mass is 1110 g/mol.